The van der Waals surface area contributed by atoms with E-state index in [4.69, 9.17) is 0 Å². The van der Waals surface area contributed by atoms with Crippen molar-refractivity contribution >= 4 is 5.95 Å². The molecule has 0 unspecified atom stereocenters. The van der Waals surface area contributed by atoms with Crippen LogP contribution in [-0.2, 0) is 6.54 Å². The molecule has 2 aliphatic heterocycles. The molecule has 0 bridgehead atoms. The lowest BCUT2D eigenvalue weighted by Gasteiger charge is -2.48. The fourth-order valence-electron chi connectivity index (χ4n) is 5.30. The summed E-state index contributed by atoms with van der Waals surface area (Å²) in [6.45, 7) is 9.47. The van der Waals surface area contributed by atoms with Gasteiger partial charge >= 0.3 is 0 Å². The van der Waals surface area contributed by atoms with Crippen molar-refractivity contribution in [2.24, 2.45) is 5.41 Å². The van der Waals surface area contributed by atoms with Gasteiger partial charge in [-0.25, -0.2) is 9.97 Å². The van der Waals surface area contributed by atoms with E-state index < -0.39 is 0 Å². The van der Waals surface area contributed by atoms with Crippen LogP contribution in [0.5, 0.6) is 0 Å². The first-order chi connectivity index (χ1) is 15.1. The van der Waals surface area contributed by atoms with Gasteiger partial charge in [0.1, 0.15) is 0 Å². The number of benzene rings is 1. The van der Waals surface area contributed by atoms with E-state index in [-0.39, 0.29) is 0 Å². The standard InChI is InChI=1S/C24H31N7/c1-19-16-20(2)28-23(27-19)30-14-9-24(10-15-30)8-5-13-29(18-24)17-21-6-3-4-7-22(21)31-25-11-12-26-31/h3-4,6-7,11-12,16H,5,8-10,13-15,17-18H2,1-2H3. The molecule has 2 aliphatic rings. The summed E-state index contributed by atoms with van der Waals surface area (Å²) >= 11 is 0. The highest BCUT2D eigenvalue weighted by atomic mass is 15.5. The quantitative estimate of drug-likeness (QED) is 0.647. The van der Waals surface area contributed by atoms with Crippen LogP contribution in [0, 0.1) is 19.3 Å². The molecule has 5 rings (SSSR count). The Balaban J connectivity index is 1.26. The van der Waals surface area contributed by atoms with E-state index in [0.717, 1.165) is 55.7 Å². The summed E-state index contributed by atoms with van der Waals surface area (Å²) in [5, 5.41) is 8.69. The molecular formula is C24H31N7. The van der Waals surface area contributed by atoms with Crippen molar-refractivity contribution in [2.45, 2.75) is 46.1 Å². The van der Waals surface area contributed by atoms with Gasteiger partial charge in [0.25, 0.3) is 0 Å². The van der Waals surface area contributed by atoms with Crippen LogP contribution >= 0.6 is 0 Å². The third-order valence-electron chi connectivity index (χ3n) is 6.84. The molecule has 2 saturated heterocycles. The predicted octanol–water partition coefficient (Wildman–Crippen LogP) is 3.56. The van der Waals surface area contributed by atoms with Gasteiger partial charge in [0, 0.05) is 37.6 Å². The Kier molecular flexibility index (Phi) is 5.44. The van der Waals surface area contributed by atoms with E-state index in [9.17, 15) is 0 Å². The number of hydrogen-bond donors (Lipinski definition) is 0. The number of para-hydroxylation sites is 1. The third-order valence-corrected chi connectivity index (χ3v) is 6.84. The zero-order chi connectivity index (χ0) is 21.3. The maximum Gasteiger partial charge on any atom is 0.225 e. The van der Waals surface area contributed by atoms with Crippen LogP contribution < -0.4 is 4.90 Å². The minimum Gasteiger partial charge on any atom is -0.341 e. The molecule has 1 aromatic carbocycles. The topological polar surface area (TPSA) is 63.0 Å². The smallest absolute Gasteiger partial charge is 0.225 e. The molecule has 0 N–H and O–H groups in total. The predicted molar refractivity (Wildman–Crippen MR) is 121 cm³/mol. The highest BCUT2D eigenvalue weighted by molar-refractivity contribution is 5.39. The maximum absolute atomic E-state index is 4.69. The van der Waals surface area contributed by atoms with E-state index in [1.165, 1.54) is 31.2 Å². The fourth-order valence-corrected chi connectivity index (χ4v) is 5.30. The zero-order valence-electron chi connectivity index (χ0n) is 18.5. The fraction of sp³-hybridized carbons (Fsp3) is 0.500. The van der Waals surface area contributed by atoms with Crippen molar-refractivity contribution in [3.8, 4) is 5.69 Å². The van der Waals surface area contributed by atoms with Crippen LogP contribution in [-0.4, -0.2) is 56.0 Å². The molecule has 4 heterocycles. The van der Waals surface area contributed by atoms with Gasteiger partial charge < -0.3 is 4.90 Å². The Labute approximate surface area is 184 Å². The summed E-state index contributed by atoms with van der Waals surface area (Å²) in [5.41, 5.74) is 4.88. The van der Waals surface area contributed by atoms with Crippen LogP contribution in [0.25, 0.3) is 5.69 Å². The minimum atomic E-state index is 0.409. The molecule has 7 heteroatoms. The Bertz CT molecular complexity index is 1000. The van der Waals surface area contributed by atoms with Crippen molar-refractivity contribution < 1.29 is 0 Å². The molecule has 2 fully saturated rings. The highest BCUT2D eigenvalue weighted by Gasteiger charge is 2.39. The first-order valence-corrected chi connectivity index (χ1v) is 11.3. The summed E-state index contributed by atoms with van der Waals surface area (Å²) in [7, 11) is 0. The Hall–Kier alpha value is -2.80. The van der Waals surface area contributed by atoms with E-state index >= 15 is 0 Å². The van der Waals surface area contributed by atoms with Crippen LogP contribution in [0.4, 0.5) is 5.95 Å². The Morgan fingerprint density at radius 1 is 0.903 bits per heavy atom. The Morgan fingerprint density at radius 3 is 2.35 bits per heavy atom. The summed E-state index contributed by atoms with van der Waals surface area (Å²) in [5.74, 6) is 0.903. The number of rotatable bonds is 4. The lowest BCUT2D eigenvalue weighted by atomic mass is 9.72. The normalized spacial score (nSPS) is 19.1. The summed E-state index contributed by atoms with van der Waals surface area (Å²) in [6, 6.07) is 10.5. The van der Waals surface area contributed by atoms with Gasteiger partial charge in [0.15, 0.2) is 0 Å². The van der Waals surface area contributed by atoms with Gasteiger partial charge in [-0.3, -0.25) is 4.90 Å². The molecule has 7 nitrogen and oxygen atoms in total. The van der Waals surface area contributed by atoms with E-state index in [1.807, 2.05) is 6.07 Å². The molecule has 31 heavy (non-hydrogen) atoms. The first kappa shape index (κ1) is 20.1. The number of aromatic nitrogens is 5. The molecule has 0 amide bonds. The summed E-state index contributed by atoms with van der Waals surface area (Å²) in [4.78, 5) is 16.1. The van der Waals surface area contributed by atoms with Crippen molar-refractivity contribution in [2.75, 3.05) is 31.1 Å². The van der Waals surface area contributed by atoms with Crippen molar-refractivity contribution in [3.63, 3.8) is 0 Å². The molecule has 0 atom stereocenters. The number of hydrogen-bond acceptors (Lipinski definition) is 6. The molecule has 1 spiro atoms. The van der Waals surface area contributed by atoms with Gasteiger partial charge in [-0.1, -0.05) is 18.2 Å². The lowest BCUT2D eigenvalue weighted by Crippen LogP contribution is -2.49. The second kappa shape index (κ2) is 8.38. The monoisotopic (exact) mass is 417 g/mol. The van der Waals surface area contributed by atoms with Crippen molar-refractivity contribution in [3.05, 3.63) is 59.7 Å². The zero-order valence-corrected chi connectivity index (χ0v) is 18.5. The number of aryl methyl sites for hydroxylation is 2. The lowest BCUT2D eigenvalue weighted by molar-refractivity contribution is 0.0602. The van der Waals surface area contributed by atoms with Crippen molar-refractivity contribution in [1.82, 2.24) is 29.9 Å². The molecule has 0 aliphatic carbocycles. The Morgan fingerprint density at radius 2 is 1.61 bits per heavy atom. The maximum atomic E-state index is 4.69. The SMILES string of the molecule is Cc1cc(C)nc(N2CCC3(CCCN(Cc4ccccc4-n4nccn4)C3)CC2)n1. The molecule has 162 valence electrons. The van der Waals surface area contributed by atoms with Gasteiger partial charge in [0.05, 0.1) is 18.1 Å². The van der Waals surface area contributed by atoms with Crippen LogP contribution in [0.1, 0.15) is 42.6 Å². The minimum absolute atomic E-state index is 0.409. The number of piperidine rings is 2. The highest BCUT2D eigenvalue weighted by Crippen LogP contribution is 2.41. The number of anilines is 1. The second-order valence-electron chi connectivity index (χ2n) is 9.20. The summed E-state index contributed by atoms with van der Waals surface area (Å²) < 4.78 is 0. The third kappa shape index (κ3) is 4.32. The molecule has 0 radical (unpaired) electrons. The average molecular weight is 418 g/mol. The van der Waals surface area contributed by atoms with Crippen LogP contribution in [0.2, 0.25) is 0 Å². The van der Waals surface area contributed by atoms with Gasteiger partial charge in [0.2, 0.25) is 5.95 Å². The first-order valence-electron chi connectivity index (χ1n) is 11.3. The van der Waals surface area contributed by atoms with Crippen molar-refractivity contribution in [1.29, 1.82) is 0 Å². The van der Waals surface area contributed by atoms with Gasteiger partial charge in [-0.2, -0.15) is 15.0 Å². The van der Waals surface area contributed by atoms with E-state index in [2.05, 4.69) is 68.1 Å². The molecule has 2 aromatic heterocycles. The largest absolute Gasteiger partial charge is 0.341 e. The summed E-state index contributed by atoms with van der Waals surface area (Å²) in [6.07, 6.45) is 8.49. The van der Waals surface area contributed by atoms with Crippen LogP contribution in [0.15, 0.2) is 42.7 Å². The van der Waals surface area contributed by atoms with E-state index in [0.29, 0.717) is 5.41 Å². The number of likely N-dealkylation sites (tertiary alicyclic amines) is 1. The van der Waals surface area contributed by atoms with Gasteiger partial charge in [-0.15, -0.1) is 0 Å². The van der Waals surface area contributed by atoms with Crippen LogP contribution in [0.3, 0.4) is 0 Å². The molecule has 0 saturated carbocycles. The average Bonchev–Trinajstić information content (AvgIpc) is 3.29. The molecule has 3 aromatic rings. The van der Waals surface area contributed by atoms with E-state index in [1.54, 1.807) is 17.2 Å². The van der Waals surface area contributed by atoms with Gasteiger partial charge in [-0.05, 0) is 69.2 Å². The number of nitrogens with zero attached hydrogens (tertiary/aromatic N) is 7. The molecular weight excluding hydrogens is 386 g/mol. The second-order valence-corrected chi connectivity index (χ2v) is 9.20.